The van der Waals surface area contributed by atoms with Crippen LogP contribution in [0.25, 0.3) is 11.1 Å². The number of hydrogen-bond acceptors (Lipinski definition) is 6. The maximum atomic E-state index is 12.6. The van der Waals surface area contributed by atoms with Crippen molar-refractivity contribution in [3.63, 3.8) is 0 Å². The van der Waals surface area contributed by atoms with Crippen LogP contribution in [0.3, 0.4) is 0 Å². The van der Waals surface area contributed by atoms with Crippen molar-refractivity contribution in [1.29, 1.82) is 0 Å². The summed E-state index contributed by atoms with van der Waals surface area (Å²) in [5.74, 6) is 1.12. The number of carbonyl (C=O) groups is 2. The molecule has 0 radical (unpaired) electrons. The average Bonchev–Trinajstić information content (AvgIpc) is 3.00. The summed E-state index contributed by atoms with van der Waals surface area (Å²) in [6.07, 6.45) is 3.69. The molecule has 4 aromatic rings. The van der Waals surface area contributed by atoms with E-state index in [4.69, 9.17) is 18.9 Å². The van der Waals surface area contributed by atoms with E-state index >= 15 is 0 Å². The van der Waals surface area contributed by atoms with Gasteiger partial charge in [-0.1, -0.05) is 55.3 Å². The lowest BCUT2D eigenvalue weighted by molar-refractivity contribution is 0.0543. The number of carbonyl (C=O) groups excluding carboxylic acids is 2. The zero-order valence-electron chi connectivity index (χ0n) is 24.1. The summed E-state index contributed by atoms with van der Waals surface area (Å²) in [5, 5.41) is 0. The number of benzene rings is 4. The minimum Gasteiger partial charge on any atom is -0.583 e. The molecule has 0 saturated carbocycles. The van der Waals surface area contributed by atoms with Gasteiger partial charge >= 0.3 is 11.9 Å². The van der Waals surface area contributed by atoms with E-state index in [9.17, 15) is 9.59 Å². The molecule has 0 aliphatic rings. The predicted octanol–water partition coefficient (Wildman–Crippen LogP) is 8.44. The number of ether oxygens (including phenoxy) is 4. The molecule has 0 heterocycles. The molecule has 6 nitrogen and oxygen atoms in total. The third kappa shape index (κ3) is 9.16. The Bertz CT molecular complexity index is 1410. The van der Waals surface area contributed by atoms with Crippen LogP contribution in [0.5, 0.6) is 17.2 Å². The summed E-state index contributed by atoms with van der Waals surface area (Å²) in [5.41, 5.74) is 3.90. The van der Waals surface area contributed by atoms with Gasteiger partial charge in [-0.2, -0.15) is 0 Å². The van der Waals surface area contributed by atoms with Crippen LogP contribution in [-0.4, -0.2) is 25.2 Å². The Morgan fingerprint density at radius 1 is 0.643 bits per heavy atom. The maximum absolute atomic E-state index is 12.6. The molecule has 0 aromatic heterocycles. The van der Waals surface area contributed by atoms with E-state index in [0.29, 0.717) is 42.6 Å². The molecule has 0 N–H and O–H groups in total. The van der Waals surface area contributed by atoms with Gasteiger partial charge in [0.2, 0.25) is 0 Å². The second-order valence-corrected chi connectivity index (χ2v) is 9.91. The third-order valence-electron chi connectivity index (χ3n) is 6.47. The van der Waals surface area contributed by atoms with Crippen molar-refractivity contribution in [2.24, 2.45) is 0 Å². The molecule has 42 heavy (non-hydrogen) atoms. The van der Waals surface area contributed by atoms with E-state index in [1.807, 2.05) is 67.6 Å². The second kappa shape index (κ2) is 15.3. The Hall–Kier alpha value is -4.71. The lowest BCUT2D eigenvalue weighted by Crippen LogP contribution is -2.11. The minimum atomic E-state index is -0.513. The first kappa shape index (κ1) is 30.3. The molecule has 6 heteroatoms. The van der Waals surface area contributed by atoms with Gasteiger partial charge in [0.1, 0.15) is 17.2 Å². The van der Waals surface area contributed by atoms with Crippen molar-refractivity contribution in [2.75, 3.05) is 13.2 Å². The quantitative estimate of drug-likeness (QED) is 0.0662. The number of rotatable bonds is 14. The molecule has 0 bridgehead atoms. The second-order valence-electron chi connectivity index (χ2n) is 9.91. The van der Waals surface area contributed by atoms with E-state index in [0.717, 1.165) is 41.9 Å². The molecule has 0 saturated heterocycles. The zero-order valence-corrected chi connectivity index (χ0v) is 24.1. The molecule has 0 amide bonds. The highest BCUT2D eigenvalue weighted by molar-refractivity contribution is 5.94. The highest BCUT2D eigenvalue weighted by Gasteiger charge is 2.12. The summed E-state index contributed by atoms with van der Waals surface area (Å²) in [4.78, 5) is 24.8. The smallest absolute Gasteiger partial charge is 0.343 e. The van der Waals surface area contributed by atoms with Gasteiger partial charge in [-0.25, -0.2) is 9.59 Å². The van der Waals surface area contributed by atoms with Crippen molar-refractivity contribution in [2.45, 2.75) is 39.5 Å². The van der Waals surface area contributed by atoms with Gasteiger partial charge < -0.3 is 18.9 Å². The van der Waals surface area contributed by atoms with Gasteiger partial charge in [0.15, 0.2) is 0 Å². The van der Waals surface area contributed by atoms with Crippen LogP contribution in [0.2, 0.25) is 0 Å². The Kier molecular flexibility index (Phi) is 11.0. The fraction of sp³-hybridized carbons (Fsp3) is 0.222. The van der Waals surface area contributed by atoms with Gasteiger partial charge in [0, 0.05) is 6.10 Å². The van der Waals surface area contributed by atoms with Gasteiger partial charge in [-0.3, -0.25) is 0 Å². The molecule has 0 aliphatic heterocycles. The number of unbranched alkanes of at least 4 members (excludes halogenated alkanes) is 1. The largest absolute Gasteiger partial charge is 0.583 e. The predicted molar refractivity (Wildman–Crippen MR) is 164 cm³/mol. The van der Waals surface area contributed by atoms with Crippen molar-refractivity contribution in [1.82, 2.24) is 0 Å². The monoisotopic (exact) mass is 564 g/mol. The molecule has 0 spiro atoms. The Labute approximate surface area is 248 Å². The SMILES string of the molecule is [CH2+][C-](CCC)OC(=O)c1ccc(C(=O)Oc2ccc(-c3ccc(OCCCCOc4ccc(C)cc4)cc3)cc2)cc1. The molecule has 4 aromatic carbocycles. The van der Waals surface area contributed by atoms with Crippen LogP contribution >= 0.6 is 0 Å². The first-order valence-electron chi connectivity index (χ1n) is 14.2. The molecule has 0 atom stereocenters. The van der Waals surface area contributed by atoms with Crippen LogP contribution < -0.4 is 14.2 Å². The summed E-state index contributed by atoms with van der Waals surface area (Å²) in [7, 11) is 0. The summed E-state index contributed by atoms with van der Waals surface area (Å²) in [6.45, 7) is 9.06. The first-order chi connectivity index (χ1) is 20.4. The van der Waals surface area contributed by atoms with Crippen LogP contribution in [0.15, 0.2) is 97.1 Å². The van der Waals surface area contributed by atoms with Crippen molar-refractivity contribution >= 4 is 11.9 Å². The summed E-state index contributed by atoms with van der Waals surface area (Å²) >= 11 is 0. The van der Waals surface area contributed by atoms with E-state index in [2.05, 4.69) is 13.8 Å². The summed E-state index contributed by atoms with van der Waals surface area (Å²) in [6, 6.07) is 29.4. The van der Waals surface area contributed by atoms with Crippen molar-refractivity contribution < 1.29 is 28.5 Å². The number of hydrogen-bond donors (Lipinski definition) is 0. The number of aryl methyl sites for hydroxylation is 1. The Morgan fingerprint density at radius 3 is 1.60 bits per heavy atom. The van der Waals surface area contributed by atoms with Gasteiger partial charge in [-0.05, 0) is 98.5 Å². The average molecular weight is 565 g/mol. The lowest BCUT2D eigenvalue weighted by Gasteiger charge is -2.18. The molecule has 0 fully saturated rings. The maximum Gasteiger partial charge on any atom is 0.343 e. The topological polar surface area (TPSA) is 71.1 Å². The van der Waals surface area contributed by atoms with E-state index in [1.165, 1.54) is 17.7 Å². The molecular weight excluding hydrogens is 528 g/mol. The minimum absolute atomic E-state index is 0.331. The zero-order chi connectivity index (χ0) is 29.7. The van der Waals surface area contributed by atoms with Gasteiger partial charge in [-0.15, -0.1) is 6.42 Å². The van der Waals surface area contributed by atoms with E-state index in [1.54, 1.807) is 24.3 Å². The van der Waals surface area contributed by atoms with Crippen LogP contribution in [0.4, 0.5) is 0 Å². The van der Waals surface area contributed by atoms with Gasteiger partial charge in [0.25, 0.3) is 0 Å². The molecule has 216 valence electrons. The van der Waals surface area contributed by atoms with Crippen LogP contribution in [-0.2, 0) is 4.74 Å². The van der Waals surface area contributed by atoms with Crippen LogP contribution in [0.1, 0.15) is 58.9 Å². The molecule has 0 aliphatic carbocycles. The van der Waals surface area contributed by atoms with Crippen LogP contribution in [0, 0.1) is 20.0 Å². The van der Waals surface area contributed by atoms with Gasteiger partial charge in [0.05, 0.1) is 24.3 Å². The highest BCUT2D eigenvalue weighted by atomic mass is 16.5. The Morgan fingerprint density at radius 2 is 1.10 bits per heavy atom. The van der Waals surface area contributed by atoms with E-state index in [-0.39, 0.29) is 0 Å². The summed E-state index contributed by atoms with van der Waals surface area (Å²) < 4.78 is 22.4. The standard InChI is InChI=1S/C36H36O6/c1-4-7-27(3)41-35(37)30-10-12-31(13-11-30)36(38)42-34-22-16-29(17-23-34)28-14-20-33(21-15-28)40-25-6-5-24-39-32-18-8-26(2)9-19-32/h8-23H,3-7,24-25H2,1-2H3. The van der Waals surface area contributed by atoms with Crippen molar-refractivity contribution in [3.8, 4) is 28.4 Å². The van der Waals surface area contributed by atoms with E-state index < -0.39 is 11.9 Å². The fourth-order valence-corrected chi connectivity index (χ4v) is 4.11. The third-order valence-corrected chi connectivity index (χ3v) is 6.47. The molecule has 0 unspecified atom stereocenters. The first-order valence-corrected chi connectivity index (χ1v) is 14.2. The number of esters is 2. The fourth-order valence-electron chi connectivity index (χ4n) is 4.11. The normalized spacial score (nSPS) is 10.7. The molecular formula is C36H36O6. The lowest BCUT2D eigenvalue weighted by atomic mass is 10.1. The van der Waals surface area contributed by atoms with Crippen molar-refractivity contribution in [3.05, 3.63) is 127 Å². The molecule has 4 rings (SSSR count). The highest BCUT2D eigenvalue weighted by Crippen LogP contribution is 2.25. The Balaban J connectivity index is 1.20.